The third-order valence-corrected chi connectivity index (χ3v) is 2.17. The number of likely N-dealkylation sites (tertiary alicyclic amines) is 1. The molecule has 0 saturated carbocycles. The fraction of sp³-hybridized carbons (Fsp3) is 1.00. The van der Waals surface area contributed by atoms with E-state index in [4.69, 9.17) is 5.11 Å². The molecule has 0 bridgehead atoms. The Labute approximate surface area is 67.6 Å². The first-order chi connectivity index (χ1) is 5.34. The molecule has 3 heteroatoms. The van der Waals surface area contributed by atoms with Crippen LogP contribution in [0.15, 0.2) is 0 Å². The van der Waals surface area contributed by atoms with E-state index in [0.717, 1.165) is 25.9 Å². The summed E-state index contributed by atoms with van der Waals surface area (Å²) >= 11 is 0. The van der Waals surface area contributed by atoms with Crippen molar-refractivity contribution < 1.29 is 10.2 Å². The Kier molecular flexibility index (Phi) is 3.83. The lowest BCUT2D eigenvalue weighted by Crippen LogP contribution is -2.38. The molecule has 1 aliphatic heterocycles. The fourth-order valence-electron chi connectivity index (χ4n) is 1.50. The number of nitrogens with zero attached hydrogens (tertiary/aromatic N) is 1. The van der Waals surface area contributed by atoms with Crippen LogP contribution in [0.4, 0.5) is 0 Å². The Morgan fingerprint density at radius 1 is 1.27 bits per heavy atom. The summed E-state index contributed by atoms with van der Waals surface area (Å²) in [5.74, 6) is 0. The third-order valence-electron chi connectivity index (χ3n) is 2.17. The molecule has 0 aromatic carbocycles. The number of aliphatic hydroxyl groups excluding tert-OH is 1. The lowest BCUT2D eigenvalue weighted by molar-refractivity contribution is -0.0686. The van der Waals surface area contributed by atoms with Gasteiger partial charge in [0.2, 0.25) is 0 Å². The van der Waals surface area contributed by atoms with Gasteiger partial charge in [-0.25, -0.2) is 5.11 Å². The average molecular weight is 158 g/mol. The summed E-state index contributed by atoms with van der Waals surface area (Å²) in [4.78, 5) is 1.93. The van der Waals surface area contributed by atoms with Gasteiger partial charge in [-0.1, -0.05) is 6.42 Å². The largest absolute Gasteiger partial charge is 0.396 e. The molecule has 0 aromatic rings. The molecule has 3 nitrogen and oxygen atoms in total. The fourth-order valence-corrected chi connectivity index (χ4v) is 1.50. The predicted octanol–water partition coefficient (Wildman–Crippen LogP) is 0.611. The van der Waals surface area contributed by atoms with Gasteiger partial charge < -0.3 is 5.11 Å². The second-order valence-corrected chi connectivity index (χ2v) is 3.06. The van der Waals surface area contributed by atoms with Gasteiger partial charge in [-0.05, 0) is 12.8 Å². The maximum atomic E-state index is 11.2. The average Bonchev–Trinajstić information content (AvgIpc) is 2.07. The van der Waals surface area contributed by atoms with E-state index in [9.17, 15) is 5.11 Å². The molecule has 0 amide bonds. The minimum atomic E-state index is -0.666. The van der Waals surface area contributed by atoms with Crippen LogP contribution in [-0.4, -0.2) is 35.9 Å². The Morgan fingerprint density at radius 2 is 1.91 bits per heavy atom. The van der Waals surface area contributed by atoms with Crippen LogP contribution >= 0.6 is 0 Å². The number of hydrogen-bond acceptors (Lipinski definition) is 2. The molecule has 0 aliphatic carbocycles. The van der Waals surface area contributed by atoms with Crippen molar-refractivity contribution in [1.82, 2.24) is 4.90 Å². The summed E-state index contributed by atoms with van der Waals surface area (Å²) in [6.07, 6.45) is 3.25. The van der Waals surface area contributed by atoms with Crippen LogP contribution in [0.25, 0.3) is 0 Å². The van der Waals surface area contributed by atoms with Crippen molar-refractivity contribution in [3.05, 3.63) is 0 Å². The van der Waals surface area contributed by atoms with Gasteiger partial charge in [0.15, 0.2) is 0 Å². The van der Waals surface area contributed by atoms with Gasteiger partial charge in [-0.15, -0.1) is 0 Å². The predicted molar refractivity (Wildman–Crippen MR) is 41.6 cm³/mol. The van der Waals surface area contributed by atoms with E-state index in [1.54, 1.807) is 0 Å². The molecule has 11 heavy (non-hydrogen) atoms. The van der Waals surface area contributed by atoms with Crippen LogP contribution in [0.3, 0.4) is 0 Å². The van der Waals surface area contributed by atoms with Crippen molar-refractivity contribution in [2.45, 2.75) is 31.9 Å². The van der Waals surface area contributed by atoms with E-state index in [2.05, 4.69) is 0 Å². The zero-order chi connectivity index (χ0) is 8.10. The first kappa shape index (κ1) is 8.97. The molecule has 1 radical (unpaired) electrons. The summed E-state index contributed by atoms with van der Waals surface area (Å²) in [5.41, 5.74) is 0. The molecular weight excluding hydrogens is 142 g/mol. The first-order valence-electron chi connectivity index (χ1n) is 4.35. The van der Waals surface area contributed by atoms with Crippen molar-refractivity contribution in [1.29, 1.82) is 0 Å². The Bertz CT molecular complexity index is 102. The van der Waals surface area contributed by atoms with Crippen molar-refractivity contribution in [3.8, 4) is 0 Å². The zero-order valence-corrected chi connectivity index (χ0v) is 6.83. The lowest BCUT2D eigenvalue weighted by atomic mass is 10.1. The van der Waals surface area contributed by atoms with Gasteiger partial charge in [-0.2, -0.15) is 0 Å². The molecule has 1 N–H and O–H groups in total. The summed E-state index contributed by atoms with van der Waals surface area (Å²) in [5, 5.41) is 19.8. The first-order valence-corrected chi connectivity index (χ1v) is 4.35. The third kappa shape index (κ3) is 2.77. The normalized spacial score (nSPS) is 23.5. The van der Waals surface area contributed by atoms with E-state index in [1.165, 1.54) is 6.42 Å². The van der Waals surface area contributed by atoms with Gasteiger partial charge in [0.25, 0.3) is 0 Å². The van der Waals surface area contributed by atoms with Crippen LogP contribution in [0.5, 0.6) is 0 Å². The van der Waals surface area contributed by atoms with Crippen LogP contribution in [-0.2, 0) is 5.11 Å². The van der Waals surface area contributed by atoms with E-state index in [1.807, 2.05) is 4.90 Å². The highest BCUT2D eigenvalue weighted by Gasteiger charge is 2.18. The quantitative estimate of drug-likeness (QED) is 0.654. The van der Waals surface area contributed by atoms with E-state index in [-0.39, 0.29) is 6.61 Å². The van der Waals surface area contributed by atoms with Crippen LogP contribution in [0, 0.1) is 0 Å². The van der Waals surface area contributed by atoms with Crippen LogP contribution in [0.1, 0.15) is 25.7 Å². The van der Waals surface area contributed by atoms with Gasteiger partial charge in [0.05, 0.1) is 0 Å². The van der Waals surface area contributed by atoms with Crippen molar-refractivity contribution in [2.24, 2.45) is 0 Å². The minimum Gasteiger partial charge on any atom is -0.396 e. The number of rotatable bonds is 3. The molecular formula is C8H16NO2. The standard InChI is InChI=1S/C8H16NO2/c10-7-4-8(11)9-5-2-1-3-6-9/h8,10H,1-7H2. The van der Waals surface area contributed by atoms with Gasteiger partial charge >= 0.3 is 0 Å². The van der Waals surface area contributed by atoms with Crippen molar-refractivity contribution in [3.63, 3.8) is 0 Å². The number of piperidine rings is 1. The lowest BCUT2D eigenvalue weighted by Gasteiger charge is -2.29. The molecule has 0 spiro atoms. The molecule has 0 aromatic heterocycles. The molecule has 1 atom stereocenters. The number of aliphatic hydroxyl groups is 1. The Balaban J connectivity index is 2.21. The maximum absolute atomic E-state index is 11.2. The monoisotopic (exact) mass is 158 g/mol. The van der Waals surface area contributed by atoms with E-state index in [0.29, 0.717) is 6.42 Å². The summed E-state index contributed by atoms with van der Waals surface area (Å²) in [7, 11) is 0. The highest BCUT2D eigenvalue weighted by atomic mass is 16.3. The van der Waals surface area contributed by atoms with E-state index < -0.39 is 6.23 Å². The SMILES string of the molecule is [O]C(CCO)N1CCCCC1. The molecule has 1 rings (SSSR count). The molecule has 1 unspecified atom stereocenters. The maximum Gasteiger partial charge on any atom is 0.148 e. The van der Waals surface area contributed by atoms with Crippen LogP contribution < -0.4 is 0 Å². The highest BCUT2D eigenvalue weighted by molar-refractivity contribution is 4.66. The summed E-state index contributed by atoms with van der Waals surface area (Å²) in [6.45, 7) is 1.87. The van der Waals surface area contributed by atoms with Crippen molar-refractivity contribution in [2.75, 3.05) is 19.7 Å². The second-order valence-electron chi connectivity index (χ2n) is 3.06. The minimum absolute atomic E-state index is 0.0185. The van der Waals surface area contributed by atoms with Gasteiger partial charge in [-0.3, -0.25) is 4.90 Å². The molecule has 1 aliphatic rings. The van der Waals surface area contributed by atoms with Crippen LogP contribution in [0.2, 0.25) is 0 Å². The van der Waals surface area contributed by atoms with Crippen molar-refractivity contribution >= 4 is 0 Å². The Hall–Kier alpha value is -0.120. The zero-order valence-electron chi connectivity index (χ0n) is 6.83. The number of hydrogen-bond donors (Lipinski definition) is 1. The van der Waals surface area contributed by atoms with Gasteiger partial charge in [0, 0.05) is 26.1 Å². The molecule has 1 saturated heterocycles. The summed E-state index contributed by atoms with van der Waals surface area (Å²) in [6, 6.07) is 0. The Morgan fingerprint density at radius 3 is 2.45 bits per heavy atom. The second kappa shape index (κ2) is 4.70. The topological polar surface area (TPSA) is 43.4 Å². The van der Waals surface area contributed by atoms with E-state index >= 15 is 0 Å². The molecule has 65 valence electrons. The van der Waals surface area contributed by atoms with Gasteiger partial charge in [0.1, 0.15) is 6.23 Å². The highest BCUT2D eigenvalue weighted by Crippen LogP contribution is 2.12. The smallest absolute Gasteiger partial charge is 0.148 e. The molecule has 1 heterocycles. The summed E-state index contributed by atoms with van der Waals surface area (Å²) < 4.78 is 0. The molecule has 1 fully saturated rings.